The van der Waals surface area contributed by atoms with Crippen LogP contribution in [0, 0.1) is 0 Å². The quantitative estimate of drug-likeness (QED) is 0.796. The smallest absolute Gasteiger partial charge is 0.167 e. The average Bonchev–Trinajstić information content (AvgIpc) is 2.82. The Morgan fingerprint density at radius 3 is 2.26 bits per heavy atom. The predicted molar refractivity (Wildman–Crippen MR) is 77.1 cm³/mol. The molecule has 2 rings (SSSR count). The van der Waals surface area contributed by atoms with Crippen LogP contribution in [0.3, 0.4) is 0 Å². The molecule has 0 spiro atoms. The Kier molecular flexibility index (Phi) is 4.66. The zero-order valence-corrected chi connectivity index (χ0v) is 12.6. The van der Waals surface area contributed by atoms with E-state index >= 15 is 0 Å². The lowest BCUT2D eigenvalue weighted by Gasteiger charge is -2.28. The van der Waals surface area contributed by atoms with Crippen molar-refractivity contribution in [1.82, 2.24) is 20.2 Å². The first kappa shape index (κ1) is 14.6. The molecule has 0 unspecified atom stereocenters. The van der Waals surface area contributed by atoms with Crippen molar-refractivity contribution in [3.05, 3.63) is 40.7 Å². The number of aromatic nitrogens is 4. The van der Waals surface area contributed by atoms with E-state index in [0.717, 1.165) is 5.56 Å². The van der Waals surface area contributed by atoms with Crippen LogP contribution in [0.5, 0.6) is 0 Å². The molecule has 0 saturated heterocycles. The molecule has 0 radical (unpaired) electrons. The van der Waals surface area contributed by atoms with Crippen molar-refractivity contribution < 1.29 is 0 Å². The third kappa shape index (κ3) is 3.19. The SMILES string of the molecule is Cn1nnc(CC(CCl)(CCl)c2ccc(Cl)cc2)n1. The number of benzene rings is 1. The fraction of sp³-hybridized carbons (Fsp3) is 0.417. The third-order valence-corrected chi connectivity index (χ3v) is 4.29. The summed E-state index contributed by atoms with van der Waals surface area (Å²) in [6.07, 6.45) is 0.537. The van der Waals surface area contributed by atoms with Crippen molar-refractivity contribution in [3.63, 3.8) is 0 Å². The van der Waals surface area contributed by atoms with Gasteiger partial charge >= 0.3 is 0 Å². The molecule has 0 bridgehead atoms. The fourth-order valence-corrected chi connectivity index (χ4v) is 2.80. The highest BCUT2D eigenvalue weighted by molar-refractivity contribution is 6.30. The van der Waals surface area contributed by atoms with Crippen molar-refractivity contribution in [1.29, 1.82) is 0 Å². The summed E-state index contributed by atoms with van der Waals surface area (Å²) in [5.41, 5.74) is 0.603. The van der Waals surface area contributed by atoms with Crippen molar-refractivity contribution >= 4 is 34.8 Å². The molecule has 1 aromatic heterocycles. The van der Waals surface area contributed by atoms with Crippen molar-refractivity contribution in [2.75, 3.05) is 11.8 Å². The summed E-state index contributed by atoms with van der Waals surface area (Å²) in [5.74, 6) is 1.37. The first-order valence-corrected chi connectivity index (χ1v) is 7.15. The minimum atomic E-state index is -0.420. The van der Waals surface area contributed by atoms with Gasteiger partial charge in [0.2, 0.25) is 0 Å². The van der Waals surface area contributed by atoms with Gasteiger partial charge in [-0.3, -0.25) is 0 Å². The number of nitrogens with zero attached hydrogens (tertiary/aromatic N) is 4. The highest BCUT2D eigenvalue weighted by Crippen LogP contribution is 2.31. The molecule has 0 aliphatic rings. The topological polar surface area (TPSA) is 43.6 Å². The van der Waals surface area contributed by atoms with Gasteiger partial charge in [-0.15, -0.1) is 33.4 Å². The second kappa shape index (κ2) is 6.07. The maximum absolute atomic E-state index is 6.16. The Bertz CT molecular complexity index is 534. The van der Waals surface area contributed by atoms with Gasteiger partial charge in [-0.2, -0.15) is 4.80 Å². The Morgan fingerprint density at radius 2 is 1.79 bits per heavy atom. The molecule has 0 amide bonds. The van der Waals surface area contributed by atoms with Crippen LogP contribution in [0.2, 0.25) is 5.02 Å². The fourth-order valence-electron chi connectivity index (χ4n) is 1.89. The molecule has 0 aliphatic heterocycles. The van der Waals surface area contributed by atoms with Gasteiger partial charge in [0.25, 0.3) is 0 Å². The lowest BCUT2D eigenvalue weighted by molar-refractivity contribution is 0.517. The maximum atomic E-state index is 6.16. The van der Waals surface area contributed by atoms with Gasteiger partial charge in [-0.1, -0.05) is 23.7 Å². The first-order chi connectivity index (χ1) is 9.09. The number of hydrogen-bond acceptors (Lipinski definition) is 3. The normalized spacial score (nSPS) is 11.8. The molecule has 2 aromatic rings. The van der Waals surface area contributed by atoms with E-state index in [1.54, 1.807) is 7.05 Å². The van der Waals surface area contributed by atoms with Gasteiger partial charge in [0.1, 0.15) is 0 Å². The molecule has 102 valence electrons. The molecule has 0 saturated carbocycles. The van der Waals surface area contributed by atoms with Crippen molar-refractivity contribution in [2.45, 2.75) is 11.8 Å². The van der Waals surface area contributed by atoms with Crippen LogP contribution in [-0.2, 0) is 18.9 Å². The van der Waals surface area contributed by atoms with E-state index in [1.807, 2.05) is 24.3 Å². The summed E-state index contributed by atoms with van der Waals surface area (Å²) in [6, 6.07) is 7.52. The maximum Gasteiger partial charge on any atom is 0.175 e. The van der Waals surface area contributed by atoms with Gasteiger partial charge in [0.05, 0.1) is 7.05 Å². The number of aryl methyl sites for hydroxylation is 1. The predicted octanol–water partition coefficient (Wildman–Crippen LogP) is 2.82. The molecule has 1 heterocycles. The molecule has 0 aliphatic carbocycles. The molecular weight excluding hydrogens is 307 g/mol. The van der Waals surface area contributed by atoms with E-state index in [9.17, 15) is 0 Å². The van der Waals surface area contributed by atoms with E-state index in [1.165, 1.54) is 4.80 Å². The Morgan fingerprint density at radius 1 is 1.16 bits per heavy atom. The van der Waals surface area contributed by atoms with E-state index in [4.69, 9.17) is 34.8 Å². The Hall–Kier alpha value is -0.840. The van der Waals surface area contributed by atoms with E-state index < -0.39 is 5.41 Å². The van der Waals surface area contributed by atoms with Crippen LogP contribution in [-0.4, -0.2) is 32.0 Å². The molecule has 0 atom stereocenters. The summed E-state index contributed by atoms with van der Waals surface area (Å²) in [4.78, 5) is 1.42. The van der Waals surface area contributed by atoms with Gasteiger partial charge in [0, 0.05) is 28.6 Å². The first-order valence-electron chi connectivity index (χ1n) is 5.70. The zero-order chi connectivity index (χ0) is 13.9. The summed E-state index contributed by atoms with van der Waals surface area (Å²) < 4.78 is 0. The van der Waals surface area contributed by atoms with Crippen LogP contribution < -0.4 is 0 Å². The summed E-state index contributed by atoms with van der Waals surface area (Å²) >= 11 is 18.2. The standard InChI is InChI=1S/C12H13Cl3N4/c1-19-17-11(16-18-19)6-12(7-13,8-14)9-2-4-10(15)5-3-9/h2-5H,6-8H2,1H3. The molecule has 7 heteroatoms. The van der Waals surface area contributed by atoms with Crippen molar-refractivity contribution in [3.8, 4) is 0 Å². The summed E-state index contributed by atoms with van der Waals surface area (Å²) in [6.45, 7) is 0. The Balaban J connectivity index is 2.33. The number of rotatable bonds is 5. The van der Waals surface area contributed by atoms with Crippen LogP contribution in [0.15, 0.2) is 24.3 Å². The lowest BCUT2D eigenvalue weighted by atomic mass is 9.81. The molecule has 19 heavy (non-hydrogen) atoms. The molecular formula is C12H13Cl3N4. The second-order valence-electron chi connectivity index (χ2n) is 4.43. The van der Waals surface area contributed by atoms with Gasteiger partial charge in [0.15, 0.2) is 5.82 Å². The van der Waals surface area contributed by atoms with Gasteiger partial charge in [-0.05, 0) is 22.9 Å². The monoisotopic (exact) mass is 318 g/mol. The highest BCUT2D eigenvalue weighted by atomic mass is 35.5. The largest absolute Gasteiger partial charge is 0.175 e. The molecule has 1 aromatic carbocycles. The number of alkyl halides is 2. The number of tetrazole rings is 1. The highest BCUT2D eigenvalue weighted by Gasteiger charge is 2.32. The summed E-state index contributed by atoms with van der Waals surface area (Å²) in [7, 11) is 1.72. The summed E-state index contributed by atoms with van der Waals surface area (Å²) in [5, 5.41) is 12.7. The number of hydrogen-bond donors (Lipinski definition) is 0. The Labute approximate surface area is 126 Å². The van der Waals surface area contributed by atoms with Crippen LogP contribution in [0.1, 0.15) is 11.4 Å². The van der Waals surface area contributed by atoms with Crippen molar-refractivity contribution in [2.24, 2.45) is 7.05 Å². The van der Waals surface area contributed by atoms with Gasteiger partial charge in [-0.25, -0.2) is 0 Å². The average molecular weight is 320 g/mol. The zero-order valence-electron chi connectivity index (χ0n) is 10.4. The van der Waals surface area contributed by atoms with Gasteiger partial charge < -0.3 is 0 Å². The second-order valence-corrected chi connectivity index (χ2v) is 5.40. The van der Waals surface area contributed by atoms with E-state index in [2.05, 4.69) is 15.4 Å². The minimum absolute atomic E-state index is 0.371. The number of halogens is 3. The van der Waals surface area contributed by atoms with E-state index in [-0.39, 0.29) is 0 Å². The van der Waals surface area contributed by atoms with Crippen LogP contribution in [0.25, 0.3) is 0 Å². The molecule has 0 fully saturated rings. The lowest BCUT2D eigenvalue weighted by Crippen LogP contribution is -2.33. The van der Waals surface area contributed by atoms with E-state index in [0.29, 0.717) is 29.0 Å². The molecule has 4 nitrogen and oxygen atoms in total. The van der Waals surface area contributed by atoms with Crippen LogP contribution >= 0.6 is 34.8 Å². The third-order valence-electron chi connectivity index (χ3n) is 3.01. The molecule has 0 N–H and O–H groups in total. The van der Waals surface area contributed by atoms with Crippen LogP contribution in [0.4, 0.5) is 0 Å². The minimum Gasteiger partial charge on any atom is -0.167 e.